The van der Waals surface area contributed by atoms with Crippen LogP contribution in [0.1, 0.15) is 34.3 Å². The van der Waals surface area contributed by atoms with Crippen molar-refractivity contribution in [1.82, 2.24) is 5.32 Å². The maximum Gasteiger partial charge on any atom is 0.373 e. The van der Waals surface area contributed by atoms with Crippen LogP contribution in [-0.4, -0.2) is 25.1 Å². The molecule has 8 nitrogen and oxygen atoms in total. The number of furan rings is 1. The number of nitrogens with two attached hydrogens (primary N) is 1. The number of halogens is 1. The molecular weight excluding hydrogens is 364 g/mol. The quantitative estimate of drug-likeness (QED) is 0.712. The molecule has 0 aliphatic rings. The Morgan fingerprint density at radius 3 is 2.50 bits per heavy atom. The van der Waals surface area contributed by atoms with Gasteiger partial charge in [0.1, 0.15) is 12.4 Å². The predicted molar refractivity (Wildman–Crippen MR) is 91.4 cm³/mol. The first-order chi connectivity index (χ1) is 12.4. The predicted octanol–water partition coefficient (Wildman–Crippen LogP) is 2.56. The van der Waals surface area contributed by atoms with E-state index in [0.717, 1.165) is 0 Å². The summed E-state index contributed by atoms with van der Waals surface area (Å²) in [6.07, 6.45) is -0.144. The van der Waals surface area contributed by atoms with Gasteiger partial charge in [0.15, 0.2) is 0 Å². The lowest BCUT2D eigenvalue weighted by molar-refractivity contribution is -0.146. The summed E-state index contributed by atoms with van der Waals surface area (Å²) in [6.45, 7) is -0.167. The third kappa shape index (κ3) is 5.52. The molecule has 0 fully saturated rings. The number of primary amides is 1. The van der Waals surface area contributed by atoms with Gasteiger partial charge >= 0.3 is 18.0 Å². The van der Waals surface area contributed by atoms with E-state index in [9.17, 15) is 14.4 Å². The van der Waals surface area contributed by atoms with Crippen LogP contribution in [0.25, 0.3) is 0 Å². The third-order valence-electron chi connectivity index (χ3n) is 3.38. The van der Waals surface area contributed by atoms with Crippen LogP contribution in [0.4, 0.5) is 4.79 Å². The summed E-state index contributed by atoms with van der Waals surface area (Å²) >= 11 is 5.83. The minimum Gasteiger partial charge on any atom is -0.463 e. The molecule has 2 rings (SSSR count). The number of urea groups is 1. The van der Waals surface area contributed by atoms with Crippen molar-refractivity contribution in [3.05, 3.63) is 58.5 Å². The molecule has 0 saturated carbocycles. The summed E-state index contributed by atoms with van der Waals surface area (Å²) in [6, 6.07) is 8.09. The van der Waals surface area contributed by atoms with Crippen LogP contribution in [0.2, 0.25) is 5.02 Å². The summed E-state index contributed by atoms with van der Waals surface area (Å²) in [4.78, 5) is 34.6. The highest BCUT2D eigenvalue weighted by atomic mass is 35.5. The summed E-state index contributed by atoms with van der Waals surface area (Å²) in [5.74, 6) is -0.927. The van der Waals surface area contributed by atoms with E-state index in [0.29, 0.717) is 10.6 Å². The van der Waals surface area contributed by atoms with Crippen LogP contribution in [0.5, 0.6) is 0 Å². The molecule has 0 aliphatic carbocycles. The lowest BCUT2D eigenvalue weighted by Gasteiger charge is -2.17. The molecule has 9 heteroatoms. The number of ether oxygens (including phenoxy) is 2. The van der Waals surface area contributed by atoms with Gasteiger partial charge in [0, 0.05) is 5.02 Å². The number of carbonyl (C=O) groups excluding carboxylic acids is 3. The van der Waals surface area contributed by atoms with Gasteiger partial charge in [-0.25, -0.2) is 9.59 Å². The maximum absolute atomic E-state index is 12.1. The van der Waals surface area contributed by atoms with Gasteiger partial charge in [0.25, 0.3) is 0 Å². The number of nitrogens with one attached hydrogen (secondary N) is 1. The topological polar surface area (TPSA) is 121 Å². The van der Waals surface area contributed by atoms with Crippen LogP contribution < -0.4 is 11.1 Å². The minimum absolute atomic E-state index is 0.00739. The molecule has 138 valence electrons. The molecule has 3 N–H and O–H groups in total. The normalized spacial score (nSPS) is 11.5. The minimum atomic E-state index is -0.772. The molecule has 0 aliphatic heterocycles. The Kier molecular flexibility index (Phi) is 6.62. The van der Waals surface area contributed by atoms with Gasteiger partial charge in [0.2, 0.25) is 5.76 Å². The Morgan fingerprint density at radius 2 is 1.88 bits per heavy atom. The largest absolute Gasteiger partial charge is 0.463 e. The van der Waals surface area contributed by atoms with Gasteiger partial charge in [-0.1, -0.05) is 23.7 Å². The van der Waals surface area contributed by atoms with Crippen molar-refractivity contribution in [3.63, 3.8) is 0 Å². The van der Waals surface area contributed by atoms with Gasteiger partial charge in [-0.15, -0.1) is 0 Å². The van der Waals surface area contributed by atoms with Crippen LogP contribution in [0.3, 0.4) is 0 Å². The molecule has 0 saturated heterocycles. The number of methoxy groups -OCH3 is 1. The first-order valence-corrected chi connectivity index (χ1v) is 7.91. The van der Waals surface area contributed by atoms with Gasteiger partial charge in [-0.05, 0) is 29.8 Å². The molecule has 0 radical (unpaired) electrons. The smallest absolute Gasteiger partial charge is 0.373 e. The standard InChI is InChI=1S/C17H17ClN2O6/c1-24-16(22)14-7-6-12(26-14)9-25-15(21)8-13(20-17(19)23)10-2-4-11(18)5-3-10/h2-7,13H,8-9H2,1H3,(H3,19,20,23)/t13-/m0/s1. The highest BCUT2D eigenvalue weighted by Gasteiger charge is 2.19. The average molecular weight is 381 g/mol. The SMILES string of the molecule is COC(=O)c1ccc(COC(=O)C[C@H](NC(N)=O)c2ccc(Cl)cc2)o1. The van der Waals surface area contributed by atoms with Crippen molar-refractivity contribution < 1.29 is 28.3 Å². The van der Waals surface area contributed by atoms with Gasteiger partial charge in [-0.2, -0.15) is 0 Å². The van der Waals surface area contributed by atoms with E-state index in [-0.39, 0.29) is 24.5 Å². The Labute approximate surface area is 154 Å². The number of amides is 2. The number of hydrogen-bond acceptors (Lipinski definition) is 6. The number of rotatable bonds is 7. The molecule has 1 heterocycles. The van der Waals surface area contributed by atoms with Crippen LogP contribution in [-0.2, 0) is 20.9 Å². The molecule has 0 unspecified atom stereocenters. The zero-order chi connectivity index (χ0) is 19.1. The van der Waals surface area contributed by atoms with E-state index >= 15 is 0 Å². The lowest BCUT2D eigenvalue weighted by atomic mass is 10.0. The third-order valence-corrected chi connectivity index (χ3v) is 3.64. The van der Waals surface area contributed by atoms with Crippen molar-refractivity contribution in [2.75, 3.05) is 7.11 Å². The van der Waals surface area contributed by atoms with Gasteiger partial charge < -0.3 is 24.9 Å². The van der Waals surface area contributed by atoms with E-state index in [1.54, 1.807) is 24.3 Å². The Hall–Kier alpha value is -3.00. The van der Waals surface area contributed by atoms with Crippen molar-refractivity contribution in [1.29, 1.82) is 0 Å². The number of esters is 2. The summed E-state index contributed by atoms with van der Waals surface area (Å²) < 4.78 is 14.8. The fourth-order valence-corrected chi connectivity index (χ4v) is 2.29. The molecule has 1 aromatic heterocycles. The van der Waals surface area contributed by atoms with Crippen LogP contribution in [0.15, 0.2) is 40.8 Å². The Bertz CT molecular complexity index is 787. The average Bonchev–Trinajstić information content (AvgIpc) is 3.08. The van der Waals surface area contributed by atoms with Crippen LogP contribution >= 0.6 is 11.6 Å². The summed E-state index contributed by atoms with van der Waals surface area (Å²) in [7, 11) is 1.23. The Morgan fingerprint density at radius 1 is 1.19 bits per heavy atom. The highest BCUT2D eigenvalue weighted by Crippen LogP contribution is 2.20. The molecule has 1 atom stereocenters. The van der Waals surface area contributed by atoms with Crippen molar-refractivity contribution in [3.8, 4) is 0 Å². The monoisotopic (exact) mass is 380 g/mol. The van der Waals surface area contributed by atoms with Gasteiger partial charge in [0.05, 0.1) is 19.6 Å². The summed E-state index contributed by atoms with van der Waals surface area (Å²) in [5, 5.41) is 3.00. The fourth-order valence-electron chi connectivity index (χ4n) is 2.16. The molecule has 1 aromatic carbocycles. The molecule has 0 spiro atoms. The first-order valence-electron chi connectivity index (χ1n) is 7.53. The zero-order valence-electron chi connectivity index (χ0n) is 13.9. The second kappa shape index (κ2) is 8.91. The fraction of sp³-hybridized carbons (Fsp3) is 0.235. The molecular formula is C17H17ClN2O6. The van der Waals surface area contributed by atoms with E-state index in [1.807, 2.05) is 0 Å². The van der Waals surface area contributed by atoms with Crippen LogP contribution in [0, 0.1) is 0 Å². The molecule has 2 aromatic rings. The lowest BCUT2D eigenvalue weighted by Crippen LogP contribution is -2.34. The van der Waals surface area contributed by atoms with E-state index in [4.69, 9.17) is 26.5 Å². The van der Waals surface area contributed by atoms with Crippen molar-refractivity contribution in [2.45, 2.75) is 19.1 Å². The van der Waals surface area contributed by atoms with Crippen molar-refractivity contribution in [2.24, 2.45) is 5.73 Å². The highest BCUT2D eigenvalue weighted by molar-refractivity contribution is 6.30. The van der Waals surface area contributed by atoms with Gasteiger partial charge in [-0.3, -0.25) is 4.79 Å². The van der Waals surface area contributed by atoms with E-state index in [1.165, 1.54) is 19.2 Å². The molecule has 26 heavy (non-hydrogen) atoms. The maximum atomic E-state index is 12.1. The number of benzene rings is 1. The van der Waals surface area contributed by atoms with Crippen molar-refractivity contribution >= 4 is 29.6 Å². The molecule has 2 amide bonds. The second-order valence-corrected chi connectivity index (χ2v) is 5.67. The zero-order valence-corrected chi connectivity index (χ0v) is 14.6. The molecule has 0 bridgehead atoms. The van der Waals surface area contributed by atoms with E-state index < -0.39 is 24.0 Å². The number of hydrogen-bond donors (Lipinski definition) is 2. The second-order valence-electron chi connectivity index (χ2n) is 5.24. The summed E-state index contributed by atoms with van der Waals surface area (Å²) in [5.41, 5.74) is 5.81. The first kappa shape index (κ1) is 19.3. The van der Waals surface area contributed by atoms with E-state index in [2.05, 4.69) is 10.1 Å². The Balaban J connectivity index is 1.96. The number of carbonyl (C=O) groups is 3.